The second-order valence-electron chi connectivity index (χ2n) is 5.21. The number of rotatable bonds is 3. The summed E-state index contributed by atoms with van der Waals surface area (Å²) in [6, 6.07) is 0. The SMILES string of the molecule is CC1(C(=O)NC2(CN)CC2)CCCC1. The summed E-state index contributed by atoms with van der Waals surface area (Å²) in [6.45, 7) is 2.68. The van der Waals surface area contributed by atoms with Crippen molar-refractivity contribution >= 4 is 5.91 Å². The third-order valence-electron chi connectivity index (χ3n) is 3.88. The summed E-state index contributed by atoms with van der Waals surface area (Å²) in [4.78, 5) is 12.0. The van der Waals surface area contributed by atoms with Gasteiger partial charge in [-0.05, 0) is 25.7 Å². The second kappa shape index (κ2) is 3.23. The van der Waals surface area contributed by atoms with Gasteiger partial charge in [0.2, 0.25) is 5.91 Å². The molecule has 2 rings (SSSR count). The zero-order valence-corrected chi connectivity index (χ0v) is 8.94. The third kappa shape index (κ3) is 1.65. The molecule has 0 unspecified atom stereocenters. The van der Waals surface area contributed by atoms with Crippen molar-refractivity contribution in [3.05, 3.63) is 0 Å². The molecule has 3 heteroatoms. The van der Waals surface area contributed by atoms with E-state index < -0.39 is 0 Å². The molecule has 3 nitrogen and oxygen atoms in total. The number of carbonyl (C=O) groups is 1. The maximum absolute atomic E-state index is 12.0. The number of nitrogens with two attached hydrogens (primary N) is 1. The van der Waals surface area contributed by atoms with Gasteiger partial charge in [-0.2, -0.15) is 0 Å². The van der Waals surface area contributed by atoms with Crippen molar-refractivity contribution in [2.75, 3.05) is 6.54 Å². The Morgan fingerprint density at radius 2 is 1.86 bits per heavy atom. The quantitative estimate of drug-likeness (QED) is 0.712. The molecule has 2 fully saturated rings. The molecular weight excluding hydrogens is 176 g/mol. The van der Waals surface area contributed by atoms with Crippen molar-refractivity contribution in [3.63, 3.8) is 0 Å². The molecule has 2 saturated carbocycles. The van der Waals surface area contributed by atoms with Crippen LogP contribution in [-0.2, 0) is 4.79 Å². The Morgan fingerprint density at radius 3 is 2.29 bits per heavy atom. The Labute approximate surface area is 85.4 Å². The molecule has 3 N–H and O–H groups in total. The topological polar surface area (TPSA) is 55.1 Å². The van der Waals surface area contributed by atoms with Gasteiger partial charge in [0.15, 0.2) is 0 Å². The van der Waals surface area contributed by atoms with E-state index in [2.05, 4.69) is 12.2 Å². The molecule has 0 radical (unpaired) electrons. The number of hydrogen-bond acceptors (Lipinski definition) is 2. The summed E-state index contributed by atoms with van der Waals surface area (Å²) in [6.07, 6.45) is 6.59. The van der Waals surface area contributed by atoms with E-state index in [9.17, 15) is 4.79 Å². The molecule has 2 aliphatic carbocycles. The average Bonchev–Trinajstić information content (AvgIpc) is 2.80. The van der Waals surface area contributed by atoms with Crippen LogP contribution in [0.25, 0.3) is 0 Å². The van der Waals surface area contributed by atoms with Crippen molar-refractivity contribution in [3.8, 4) is 0 Å². The number of nitrogens with one attached hydrogen (secondary N) is 1. The van der Waals surface area contributed by atoms with Crippen LogP contribution in [0.5, 0.6) is 0 Å². The van der Waals surface area contributed by atoms with E-state index in [-0.39, 0.29) is 16.9 Å². The standard InChI is InChI=1S/C11H20N2O/c1-10(4-2-3-5-10)9(14)13-11(8-12)6-7-11/h2-8,12H2,1H3,(H,13,14). The van der Waals surface area contributed by atoms with Crippen LogP contribution in [-0.4, -0.2) is 18.0 Å². The first-order valence-electron chi connectivity index (χ1n) is 5.63. The first-order valence-corrected chi connectivity index (χ1v) is 5.63. The molecule has 14 heavy (non-hydrogen) atoms. The van der Waals surface area contributed by atoms with Crippen LogP contribution in [0, 0.1) is 5.41 Å². The van der Waals surface area contributed by atoms with Crippen LogP contribution in [0.3, 0.4) is 0 Å². The van der Waals surface area contributed by atoms with Crippen molar-refractivity contribution in [2.24, 2.45) is 11.1 Å². The lowest BCUT2D eigenvalue weighted by Gasteiger charge is -2.26. The number of carbonyl (C=O) groups excluding carboxylic acids is 1. The molecule has 2 aliphatic rings. The largest absolute Gasteiger partial charge is 0.349 e. The highest BCUT2D eigenvalue weighted by Crippen LogP contribution is 2.40. The van der Waals surface area contributed by atoms with Gasteiger partial charge in [0.25, 0.3) is 0 Å². The maximum Gasteiger partial charge on any atom is 0.226 e. The van der Waals surface area contributed by atoms with Gasteiger partial charge in [-0.3, -0.25) is 4.79 Å². The fourth-order valence-electron chi connectivity index (χ4n) is 2.31. The summed E-state index contributed by atoms with van der Waals surface area (Å²) in [7, 11) is 0. The van der Waals surface area contributed by atoms with E-state index in [1.54, 1.807) is 0 Å². The maximum atomic E-state index is 12.0. The Kier molecular flexibility index (Phi) is 2.30. The van der Waals surface area contributed by atoms with Gasteiger partial charge in [-0.1, -0.05) is 19.8 Å². The second-order valence-corrected chi connectivity index (χ2v) is 5.21. The molecule has 1 amide bonds. The highest BCUT2D eigenvalue weighted by atomic mass is 16.2. The minimum absolute atomic E-state index is 0.0251. The van der Waals surface area contributed by atoms with Gasteiger partial charge in [-0.15, -0.1) is 0 Å². The van der Waals surface area contributed by atoms with Crippen LogP contribution >= 0.6 is 0 Å². The number of hydrogen-bond donors (Lipinski definition) is 2. The minimum Gasteiger partial charge on any atom is -0.349 e. The lowest BCUT2D eigenvalue weighted by molar-refractivity contribution is -0.130. The molecule has 0 saturated heterocycles. The molecule has 0 bridgehead atoms. The van der Waals surface area contributed by atoms with Gasteiger partial charge < -0.3 is 11.1 Å². The Hall–Kier alpha value is -0.570. The van der Waals surface area contributed by atoms with Gasteiger partial charge in [0, 0.05) is 12.0 Å². The van der Waals surface area contributed by atoms with E-state index in [1.807, 2.05) is 0 Å². The third-order valence-corrected chi connectivity index (χ3v) is 3.88. The van der Waals surface area contributed by atoms with Crippen molar-refractivity contribution in [1.29, 1.82) is 0 Å². The van der Waals surface area contributed by atoms with Crippen LogP contribution in [0.2, 0.25) is 0 Å². The summed E-state index contributed by atoms with van der Waals surface area (Å²) < 4.78 is 0. The summed E-state index contributed by atoms with van der Waals surface area (Å²) in [5.41, 5.74) is 5.51. The minimum atomic E-state index is -0.106. The fourth-order valence-corrected chi connectivity index (χ4v) is 2.31. The summed E-state index contributed by atoms with van der Waals surface area (Å²) in [5.74, 6) is 0.234. The first-order chi connectivity index (χ1) is 6.60. The van der Waals surface area contributed by atoms with Gasteiger partial charge >= 0.3 is 0 Å². The molecule has 80 valence electrons. The smallest absolute Gasteiger partial charge is 0.226 e. The van der Waals surface area contributed by atoms with Gasteiger partial charge in [-0.25, -0.2) is 0 Å². The zero-order valence-electron chi connectivity index (χ0n) is 8.94. The molecule has 0 aromatic heterocycles. The van der Waals surface area contributed by atoms with Crippen LogP contribution in [0.15, 0.2) is 0 Å². The van der Waals surface area contributed by atoms with E-state index in [4.69, 9.17) is 5.73 Å². The normalized spacial score (nSPS) is 27.3. The van der Waals surface area contributed by atoms with Crippen LogP contribution in [0.1, 0.15) is 45.4 Å². The van der Waals surface area contributed by atoms with Crippen molar-refractivity contribution in [2.45, 2.75) is 51.0 Å². The first kappa shape index (κ1) is 9.97. The van der Waals surface area contributed by atoms with E-state index in [0.29, 0.717) is 6.54 Å². The highest BCUT2D eigenvalue weighted by molar-refractivity contribution is 5.83. The average molecular weight is 196 g/mol. The molecule has 0 aromatic rings. The van der Waals surface area contributed by atoms with Crippen LogP contribution in [0.4, 0.5) is 0 Å². The molecule has 0 aromatic carbocycles. The monoisotopic (exact) mass is 196 g/mol. The predicted octanol–water partition coefficient (Wildman–Crippen LogP) is 1.17. The molecule has 0 spiro atoms. The Balaban J connectivity index is 1.95. The fraction of sp³-hybridized carbons (Fsp3) is 0.909. The van der Waals surface area contributed by atoms with Gasteiger partial charge in [0.05, 0.1) is 5.54 Å². The molecule has 0 atom stereocenters. The Morgan fingerprint density at radius 1 is 1.29 bits per heavy atom. The van der Waals surface area contributed by atoms with Gasteiger partial charge in [0.1, 0.15) is 0 Å². The van der Waals surface area contributed by atoms with Crippen molar-refractivity contribution in [1.82, 2.24) is 5.32 Å². The van der Waals surface area contributed by atoms with E-state index >= 15 is 0 Å². The van der Waals surface area contributed by atoms with E-state index in [1.165, 1.54) is 12.8 Å². The number of amides is 1. The summed E-state index contributed by atoms with van der Waals surface area (Å²) >= 11 is 0. The predicted molar refractivity (Wildman–Crippen MR) is 55.7 cm³/mol. The van der Waals surface area contributed by atoms with E-state index in [0.717, 1.165) is 25.7 Å². The lowest BCUT2D eigenvalue weighted by atomic mass is 9.87. The molecular formula is C11H20N2O. The molecule has 0 aliphatic heterocycles. The highest BCUT2D eigenvalue weighted by Gasteiger charge is 2.46. The lowest BCUT2D eigenvalue weighted by Crippen LogP contribution is -2.48. The zero-order chi connectivity index (χ0) is 10.2. The Bertz CT molecular complexity index is 240. The summed E-state index contributed by atoms with van der Waals surface area (Å²) in [5, 5.41) is 3.14. The van der Waals surface area contributed by atoms with Crippen LogP contribution < -0.4 is 11.1 Å². The van der Waals surface area contributed by atoms with Crippen molar-refractivity contribution < 1.29 is 4.79 Å². The molecule has 0 heterocycles.